The molecule has 0 atom stereocenters. The smallest absolute Gasteiger partial charge is 0.273 e. The van der Waals surface area contributed by atoms with Gasteiger partial charge < -0.3 is 9.72 Å². The zero-order chi connectivity index (χ0) is 22.2. The Kier molecular flexibility index (Phi) is 4.78. The third-order valence-corrected chi connectivity index (χ3v) is 5.37. The normalized spacial score (nSPS) is 11.1. The maximum absolute atomic E-state index is 13.2. The van der Waals surface area contributed by atoms with Crippen LogP contribution in [0, 0.1) is 12.7 Å². The Bertz CT molecular complexity index is 1430. The summed E-state index contributed by atoms with van der Waals surface area (Å²) in [7, 11) is 1.70. The molecule has 0 aliphatic heterocycles. The van der Waals surface area contributed by atoms with Gasteiger partial charge in [-0.1, -0.05) is 18.2 Å². The van der Waals surface area contributed by atoms with Crippen LogP contribution in [0.25, 0.3) is 28.2 Å². The first-order valence-electron chi connectivity index (χ1n) is 10.1. The Morgan fingerprint density at radius 2 is 1.66 bits per heavy atom. The second kappa shape index (κ2) is 7.77. The van der Waals surface area contributed by atoms with Crippen LogP contribution in [0.3, 0.4) is 0 Å². The molecule has 0 fully saturated rings. The highest BCUT2D eigenvalue weighted by molar-refractivity contribution is 6.03. The average molecular weight is 425 g/mol. The number of carbonyl (C=O) groups excluding carboxylic acids is 1. The number of rotatable bonds is 4. The van der Waals surface area contributed by atoms with Gasteiger partial charge in [0.2, 0.25) is 0 Å². The van der Waals surface area contributed by atoms with Crippen LogP contribution >= 0.6 is 0 Å². The summed E-state index contributed by atoms with van der Waals surface area (Å²) in [6.07, 6.45) is 3.96. The third-order valence-electron chi connectivity index (χ3n) is 5.37. The largest absolute Gasteiger partial charge is 0.321 e. The Hall–Kier alpha value is -4.26. The highest BCUT2D eigenvalue weighted by atomic mass is 19.1. The fraction of sp³-hybridized carbons (Fsp3) is 0.0800. The van der Waals surface area contributed by atoms with Crippen LogP contribution < -0.4 is 5.32 Å². The number of pyridine rings is 1. The maximum atomic E-state index is 13.2. The second-order valence-electron chi connectivity index (χ2n) is 7.63. The van der Waals surface area contributed by atoms with Crippen molar-refractivity contribution in [2.45, 2.75) is 6.92 Å². The minimum absolute atomic E-state index is 0.274. The molecule has 0 bridgehead atoms. The number of aromatic nitrogens is 4. The number of aryl methyl sites for hydroxylation is 2. The van der Waals surface area contributed by atoms with Gasteiger partial charge in [-0.15, -0.1) is 0 Å². The molecular formula is C25H20FN5O. The first-order valence-corrected chi connectivity index (χ1v) is 10.1. The van der Waals surface area contributed by atoms with Crippen molar-refractivity contribution in [1.82, 2.24) is 19.2 Å². The van der Waals surface area contributed by atoms with Gasteiger partial charge in [-0.05, 0) is 61.0 Å². The maximum Gasteiger partial charge on any atom is 0.273 e. The van der Waals surface area contributed by atoms with Gasteiger partial charge in [0.25, 0.3) is 5.91 Å². The monoisotopic (exact) mass is 425 g/mol. The molecule has 6 nitrogen and oxygen atoms in total. The van der Waals surface area contributed by atoms with E-state index in [9.17, 15) is 9.18 Å². The zero-order valence-electron chi connectivity index (χ0n) is 17.6. The molecule has 3 aromatic heterocycles. The van der Waals surface area contributed by atoms with E-state index in [0.717, 1.165) is 28.0 Å². The molecule has 2 aromatic carbocycles. The predicted molar refractivity (Wildman–Crippen MR) is 122 cm³/mol. The minimum atomic E-state index is -0.315. The molecule has 1 N–H and O–H groups in total. The van der Waals surface area contributed by atoms with E-state index in [1.807, 2.05) is 60.1 Å². The van der Waals surface area contributed by atoms with Crippen LogP contribution in [0.1, 0.15) is 16.1 Å². The fourth-order valence-electron chi connectivity index (χ4n) is 3.65. The number of nitrogens with zero attached hydrogens (tertiary/aromatic N) is 4. The molecule has 0 aliphatic carbocycles. The lowest BCUT2D eigenvalue weighted by Gasteiger charge is -2.06. The van der Waals surface area contributed by atoms with Gasteiger partial charge in [-0.25, -0.2) is 9.37 Å². The number of amides is 1. The van der Waals surface area contributed by atoms with E-state index >= 15 is 0 Å². The van der Waals surface area contributed by atoms with E-state index in [2.05, 4.69) is 10.4 Å². The van der Waals surface area contributed by atoms with Gasteiger partial charge in [0, 0.05) is 36.3 Å². The van der Waals surface area contributed by atoms with Crippen molar-refractivity contribution >= 4 is 17.2 Å². The van der Waals surface area contributed by atoms with Crippen molar-refractivity contribution in [3.8, 4) is 22.5 Å². The Morgan fingerprint density at radius 1 is 0.969 bits per heavy atom. The summed E-state index contributed by atoms with van der Waals surface area (Å²) in [6.45, 7) is 2.03. The van der Waals surface area contributed by atoms with Crippen molar-refractivity contribution in [2.75, 3.05) is 5.32 Å². The quantitative estimate of drug-likeness (QED) is 0.436. The lowest BCUT2D eigenvalue weighted by molar-refractivity contribution is 0.101. The number of hydrogen-bond acceptors (Lipinski definition) is 3. The van der Waals surface area contributed by atoms with E-state index in [4.69, 9.17) is 4.98 Å². The number of hydrogen-bond donors (Lipinski definition) is 1. The van der Waals surface area contributed by atoms with Crippen molar-refractivity contribution in [1.29, 1.82) is 0 Å². The van der Waals surface area contributed by atoms with Crippen LogP contribution in [0.4, 0.5) is 10.1 Å². The van der Waals surface area contributed by atoms with Crippen LogP contribution in [0.2, 0.25) is 0 Å². The summed E-state index contributed by atoms with van der Waals surface area (Å²) in [6, 6.07) is 19.3. The standard InChI is InChI=1S/C25H20FN5O/c1-16-4-3-13-31-15-22(28-24(16)31)18-7-11-20(12-8-18)27-25(32)23-14-21(29-30(23)2)17-5-9-19(26)10-6-17/h3-15H,1-2H3,(H,27,32). The van der Waals surface area contributed by atoms with Crippen molar-refractivity contribution in [2.24, 2.45) is 7.05 Å². The zero-order valence-corrected chi connectivity index (χ0v) is 17.6. The summed E-state index contributed by atoms with van der Waals surface area (Å²) in [5.41, 5.74) is 6.29. The molecule has 0 unspecified atom stereocenters. The second-order valence-corrected chi connectivity index (χ2v) is 7.63. The molecule has 1 amide bonds. The third kappa shape index (κ3) is 3.65. The van der Waals surface area contributed by atoms with Crippen LogP contribution in [-0.2, 0) is 7.05 Å². The van der Waals surface area contributed by atoms with Gasteiger partial charge in [0.15, 0.2) is 0 Å². The molecule has 32 heavy (non-hydrogen) atoms. The van der Waals surface area contributed by atoms with E-state index in [1.165, 1.54) is 16.8 Å². The van der Waals surface area contributed by atoms with E-state index in [1.54, 1.807) is 25.2 Å². The molecule has 7 heteroatoms. The Labute approximate surface area is 184 Å². The summed E-state index contributed by atoms with van der Waals surface area (Å²) < 4.78 is 16.7. The molecule has 0 saturated heterocycles. The first-order chi connectivity index (χ1) is 15.5. The Morgan fingerprint density at radius 3 is 2.38 bits per heavy atom. The van der Waals surface area contributed by atoms with Crippen LogP contribution in [0.15, 0.2) is 79.1 Å². The minimum Gasteiger partial charge on any atom is -0.321 e. The average Bonchev–Trinajstić information content (AvgIpc) is 3.40. The summed E-state index contributed by atoms with van der Waals surface area (Å²) in [4.78, 5) is 17.5. The molecule has 5 rings (SSSR count). The Balaban J connectivity index is 1.35. The number of imidazole rings is 1. The number of benzene rings is 2. The number of anilines is 1. The first kappa shape index (κ1) is 19.7. The number of fused-ring (bicyclic) bond motifs is 1. The summed E-state index contributed by atoms with van der Waals surface area (Å²) in [5, 5.41) is 7.28. The fourth-order valence-corrected chi connectivity index (χ4v) is 3.65. The van der Waals surface area contributed by atoms with Gasteiger partial charge in [-0.2, -0.15) is 5.10 Å². The van der Waals surface area contributed by atoms with Crippen molar-refractivity contribution < 1.29 is 9.18 Å². The van der Waals surface area contributed by atoms with Gasteiger partial charge in [0.05, 0.1) is 11.4 Å². The van der Waals surface area contributed by atoms with Gasteiger partial charge >= 0.3 is 0 Å². The number of nitrogens with one attached hydrogen (secondary N) is 1. The summed E-state index contributed by atoms with van der Waals surface area (Å²) in [5.74, 6) is -0.589. The SMILES string of the molecule is Cc1cccn2cc(-c3ccc(NC(=O)c4cc(-c5ccc(F)cc5)nn4C)cc3)nc12. The molecule has 5 aromatic rings. The van der Waals surface area contributed by atoms with E-state index in [-0.39, 0.29) is 11.7 Å². The van der Waals surface area contributed by atoms with Gasteiger partial charge in [0.1, 0.15) is 17.2 Å². The lowest BCUT2D eigenvalue weighted by atomic mass is 10.1. The lowest BCUT2D eigenvalue weighted by Crippen LogP contribution is -2.15. The highest BCUT2D eigenvalue weighted by Gasteiger charge is 2.15. The van der Waals surface area contributed by atoms with Crippen LogP contribution in [0.5, 0.6) is 0 Å². The van der Waals surface area contributed by atoms with E-state index in [0.29, 0.717) is 17.1 Å². The molecule has 0 spiro atoms. The molecule has 158 valence electrons. The predicted octanol–water partition coefficient (Wildman–Crippen LogP) is 5.10. The molecule has 0 aliphatic rings. The molecule has 0 radical (unpaired) electrons. The van der Waals surface area contributed by atoms with E-state index < -0.39 is 0 Å². The number of carbonyl (C=O) groups is 1. The van der Waals surface area contributed by atoms with Crippen LogP contribution in [-0.4, -0.2) is 25.1 Å². The topological polar surface area (TPSA) is 64.2 Å². The van der Waals surface area contributed by atoms with Crippen molar-refractivity contribution in [3.05, 3.63) is 96.2 Å². The van der Waals surface area contributed by atoms with Gasteiger partial charge in [-0.3, -0.25) is 9.48 Å². The molecular weight excluding hydrogens is 405 g/mol. The highest BCUT2D eigenvalue weighted by Crippen LogP contribution is 2.24. The number of halogens is 1. The summed E-state index contributed by atoms with van der Waals surface area (Å²) >= 11 is 0. The van der Waals surface area contributed by atoms with Crippen molar-refractivity contribution in [3.63, 3.8) is 0 Å². The molecule has 0 saturated carbocycles. The molecule has 3 heterocycles.